The molecule has 2 saturated carbocycles. The molecule has 3 atom stereocenters. The summed E-state index contributed by atoms with van der Waals surface area (Å²) in [6.07, 6.45) is 18.1. The summed E-state index contributed by atoms with van der Waals surface area (Å²) >= 11 is 0. The molecule has 1 N–H and O–H groups in total. The van der Waals surface area contributed by atoms with Crippen LogP contribution < -0.4 is 5.32 Å². The van der Waals surface area contributed by atoms with E-state index in [1.54, 1.807) is 0 Å². The number of hydrogen-bond donors (Lipinski definition) is 1. The lowest BCUT2D eigenvalue weighted by molar-refractivity contribution is -0.150. The van der Waals surface area contributed by atoms with Gasteiger partial charge in [-0.05, 0) is 44.4 Å². The monoisotopic (exact) mass is 358 g/mol. The molecular formula is C22H34N2O2. The van der Waals surface area contributed by atoms with Crippen molar-refractivity contribution in [2.45, 2.75) is 89.1 Å². The Morgan fingerprint density at radius 2 is 1.65 bits per heavy atom. The highest BCUT2D eigenvalue weighted by Crippen LogP contribution is 2.39. The van der Waals surface area contributed by atoms with Crippen molar-refractivity contribution in [1.29, 1.82) is 0 Å². The minimum Gasteiger partial charge on any atom is -0.353 e. The van der Waals surface area contributed by atoms with Crippen molar-refractivity contribution in [3.05, 3.63) is 12.2 Å². The Bertz CT molecular complexity index is 546. The molecule has 0 aromatic rings. The average Bonchev–Trinajstić information content (AvgIpc) is 2.69. The molecule has 1 heterocycles. The van der Waals surface area contributed by atoms with Gasteiger partial charge in [-0.2, -0.15) is 0 Å². The SMILES string of the molecule is O=C(NC1CCCCC1)[C@H]1CC=CC2CCN(C3CCCCC3)C(=O)C21. The number of piperidine rings is 1. The molecule has 2 amide bonds. The van der Waals surface area contributed by atoms with E-state index in [1.165, 1.54) is 38.5 Å². The van der Waals surface area contributed by atoms with E-state index >= 15 is 0 Å². The molecule has 3 aliphatic carbocycles. The van der Waals surface area contributed by atoms with Crippen molar-refractivity contribution in [1.82, 2.24) is 10.2 Å². The Labute approximate surface area is 157 Å². The van der Waals surface area contributed by atoms with Gasteiger partial charge in [-0.15, -0.1) is 0 Å². The molecule has 2 unspecified atom stereocenters. The van der Waals surface area contributed by atoms with Crippen LogP contribution in [-0.2, 0) is 9.59 Å². The standard InChI is InChI=1S/C22H34N2O2/c25-21(23-17-9-3-1-4-10-17)19-13-7-8-16-14-15-24(22(26)20(16)19)18-11-5-2-6-12-18/h7-8,16-20H,1-6,9-15H2,(H,23,25)/t16?,19-,20?/m0/s1. The van der Waals surface area contributed by atoms with Crippen molar-refractivity contribution in [3.63, 3.8) is 0 Å². The lowest BCUT2D eigenvalue weighted by Crippen LogP contribution is -2.55. The Morgan fingerprint density at radius 3 is 2.38 bits per heavy atom. The van der Waals surface area contributed by atoms with Gasteiger partial charge in [0.1, 0.15) is 0 Å². The molecular weight excluding hydrogens is 324 g/mol. The highest BCUT2D eigenvalue weighted by molar-refractivity contribution is 5.89. The van der Waals surface area contributed by atoms with Crippen LogP contribution in [0.1, 0.15) is 77.0 Å². The van der Waals surface area contributed by atoms with Crippen LogP contribution >= 0.6 is 0 Å². The van der Waals surface area contributed by atoms with Crippen molar-refractivity contribution in [2.24, 2.45) is 17.8 Å². The second kappa shape index (κ2) is 8.14. The molecule has 0 aromatic carbocycles. The van der Waals surface area contributed by atoms with E-state index in [1.807, 2.05) is 0 Å². The van der Waals surface area contributed by atoms with Crippen LogP contribution in [0.15, 0.2) is 12.2 Å². The number of likely N-dealkylation sites (tertiary alicyclic amines) is 1. The summed E-state index contributed by atoms with van der Waals surface area (Å²) in [6, 6.07) is 0.749. The fourth-order valence-corrected chi connectivity index (χ4v) is 5.77. The van der Waals surface area contributed by atoms with Crippen LogP contribution in [0.25, 0.3) is 0 Å². The van der Waals surface area contributed by atoms with Crippen molar-refractivity contribution >= 4 is 11.8 Å². The average molecular weight is 359 g/mol. The second-order valence-electron chi connectivity index (χ2n) is 8.92. The zero-order valence-corrected chi connectivity index (χ0v) is 16.0. The Kier molecular flexibility index (Phi) is 5.66. The maximum absolute atomic E-state index is 13.4. The van der Waals surface area contributed by atoms with E-state index in [4.69, 9.17) is 0 Å². The summed E-state index contributed by atoms with van der Waals surface area (Å²) in [4.78, 5) is 28.6. The first-order valence-electron chi connectivity index (χ1n) is 11.0. The molecule has 26 heavy (non-hydrogen) atoms. The van der Waals surface area contributed by atoms with Gasteiger partial charge >= 0.3 is 0 Å². The molecule has 0 bridgehead atoms. The summed E-state index contributed by atoms with van der Waals surface area (Å²) in [5.41, 5.74) is 0. The molecule has 0 aromatic heterocycles. The topological polar surface area (TPSA) is 49.4 Å². The van der Waals surface area contributed by atoms with Crippen molar-refractivity contribution in [2.75, 3.05) is 6.54 Å². The molecule has 3 fully saturated rings. The first kappa shape index (κ1) is 18.1. The normalized spacial score (nSPS) is 33.8. The minimum absolute atomic E-state index is 0.126. The Balaban J connectivity index is 1.45. The lowest BCUT2D eigenvalue weighted by Gasteiger charge is -2.45. The zero-order chi connectivity index (χ0) is 17.9. The van der Waals surface area contributed by atoms with Gasteiger partial charge in [0.05, 0.1) is 11.8 Å². The van der Waals surface area contributed by atoms with Gasteiger partial charge in [-0.1, -0.05) is 50.7 Å². The van der Waals surface area contributed by atoms with Crippen LogP contribution in [0.5, 0.6) is 0 Å². The molecule has 4 aliphatic rings. The fraction of sp³-hybridized carbons (Fsp3) is 0.818. The number of nitrogens with one attached hydrogen (secondary N) is 1. The second-order valence-corrected chi connectivity index (χ2v) is 8.92. The van der Waals surface area contributed by atoms with Gasteiger partial charge in [0, 0.05) is 18.6 Å². The number of carbonyl (C=O) groups is 2. The Hall–Kier alpha value is -1.32. The van der Waals surface area contributed by atoms with Crippen LogP contribution in [0.3, 0.4) is 0 Å². The Morgan fingerprint density at radius 1 is 0.962 bits per heavy atom. The lowest BCUT2D eigenvalue weighted by atomic mass is 9.70. The third-order valence-electron chi connectivity index (χ3n) is 7.24. The summed E-state index contributed by atoms with van der Waals surface area (Å²) in [7, 11) is 0. The van der Waals surface area contributed by atoms with Gasteiger partial charge in [0.25, 0.3) is 0 Å². The first-order valence-corrected chi connectivity index (χ1v) is 11.0. The smallest absolute Gasteiger partial charge is 0.227 e. The van der Waals surface area contributed by atoms with E-state index in [9.17, 15) is 9.59 Å². The summed E-state index contributed by atoms with van der Waals surface area (Å²) in [5.74, 6) is 0.375. The highest BCUT2D eigenvalue weighted by atomic mass is 16.2. The van der Waals surface area contributed by atoms with Gasteiger partial charge in [-0.3, -0.25) is 9.59 Å². The first-order chi connectivity index (χ1) is 12.7. The molecule has 4 rings (SSSR count). The zero-order valence-electron chi connectivity index (χ0n) is 16.0. The number of amides is 2. The van der Waals surface area contributed by atoms with Crippen LogP contribution in [0.2, 0.25) is 0 Å². The largest absolute Gasteiger partial charge is 0.353 e. The van der Waals surface area contributed by atoms with Gasteiger partial charge in [0.15, 0.2) is 0 Å². The quantitative estimate of drug-likeness (QED) is 0.780. The molecule has 1 saturated heterocycles. The van der Waals surface area contributed by atoms with E-state index in [-0.39, 0.29) is 29.6 Å². The number of nitrogens with zero attached hydrogens (tertiary/aromatic N) is 1. The van der Waals surface area contributed by atoms with Crippen molar-refractivity contribution in [3.8, 4) is 0 Å². The van der Waals surface area contributed by atoms with E-state index in [0.717, 1.165) is 45.1 Å². The third-order valence-corrected chi connectivity index (χ3v) is 7.24. The van der Waals surface area contributed by atoms with E-state index < -0.39 is 0 Å². The van der Waals surface area contributed by atoms with Gasteiger partial charge in [-0.25, -0.2) is 0 Å². The number of rotatable bonds is 3. The minimum atomic E-state index is -0.161. The fourth-order valence-electron chi connectivity index (χ4n) is 5.77. The van der Waals surface area contributed by atoms with E-state index in [0.29, 0.717) is 12.1 Å². The molecule has 1 aliphatic heterocycles. The van der Waals surface area contributed by atoms with Crippen molar-refractivity contribution < 1.29 is 9.59 Å². The highest BCUT2D eigenvalue weighted by Gasteiger charge is 2.46. The third kappa shape index (κ3) is 3.70. The van der Waals surface area contributed by atoms with Gasteiger partial charge in [0.2, 0.25) is 11.8 Å². The predicted octanol–water partition coefficient (Wildman–Crippen LogP) is 3.81. The molecule has 4 heteroatoms. The molecule has 144 valence electrons. The maximum atomic E-state index is 13.4. The molecule has 4 nitrogen and oxygen atoms in total. The summed E-state index contributed by atoms with van der Waals surface area (Å²) in [6.45, 7) is 0.881. The van der Waals surface area contributed by atoms with Gasteiger partial charge < -0.3 is 10.2 Å². The number of carbonyl (C=O) groups excluding carboxylic acids is 2. The summed E-state index contributed by atoms with van der Waals surface area (Å²) < 4.78 is 0. The van der Waals surface area contributed by atoms with Crippen LogP contribution in [-0.4, -0.2) is 35.3 Å². The summed E-state index contributed by atoms with van der Waals surface area (Å²) in [5, 5.41) is 3.29. The predicted molar refractivity (Wildman–Crippen MR) is 102 cm³/mol. The number of allylic oxidation sites excluding steroid dienone is 2. The van der Waals surface area contributed by atoms with Crippen LogP contribution in [0.4, 0.5) is 0 Å². The molecule has 0 radical (unpaired) electrons. The maximum Gasteiger partial charge on any atom is 0.227 e. The number of hydrogen-bond acceptors (Lipinski definition) is 2. The number of fused-ring (bicyclic) bond motifs is 1. The van der Waals surface area contributed by atoms with Crippen LogP contribution in [0, 0.1) is 17.8 Å². The van der Waals surface area contributed by atoms with E-state index in [2.05, 4.69) is 22.4 Å². The molecule has 0 spiro atoms.